The predicted molar refractivity (Wildman–Crippen MR) is 56.3 cm³/mol. The van der Waals surface area contributed by atoms with E-state index in [1.807, 2.05) is 0 Å². The number of hydrogen-bond donors (Lipinski definition) is 0. The number of carbonyl (C=O) groups is 2. The van der Waals surface area contributed by atoms with E-state index in [0.29, 0.717) is 12.6 Å². The van der Waals surface area contributed by atoms with Crippen molar-refractivity contribution in [2.45, 2.75) is 43.0 Å². The van der Waals surface area contributed by atoms with Crippen molar-refractivity contribution in [1.82, 2.24) is 4.90 Å². The summed E-state index contributed by atoms with van der Waals surface area (Å²) in [5.74, 6) is -0.547. The molecule has 0 aromatic carbocycles. The minimum atomic E-state index is -0.279. The maximum atomic E-state index is 11.6. The molecule has 1 aliphatic carbocycles. The Hall–Kier alpha value is -0.380. The van der Waals surface area contributed by atoms with E-state index >= 15 is 0 Å². The molecule has 4 heteroatoms. The monoisotopic (exact) mass is 259 g/mol. The Morgan fingerprint density at radius 3 is 2.29 bits per heavy atom. The molecule has 0 N–H and O–H groups in total. The zero-order valence-electron chi connectivity index (χ0n) is 8.04. The van der Waals surface area contributed by atoms with Crippen molar-refractivity contribution in [3.05, 3.63) is 0 Å². The molecule has 2 fully saturated rings. The number of halogens is 1. The summed E-state index contributed by atoms with van der Waals surface area (Å²) in [7, 11) is 0. The smallest absolute Gasteiger partial charge is 0.291 e. The van der Waals surface area contributed by atoms with Crippen LogP contribution in [-0.2, 0) is 9.59 Å². The normalized spacial score (nSPS) is 30.1. The third-order valence-electron chi connectivity index (χ3n) is 3.13. The molecular weight excluding hydrogens is 246 g/mol. The van der Waals surface area contributed by atoms with Crippen LogP contribution in [0.25, 0.3) is 0 Å². The van der Waals surface area contributed by atoms with Gasteiger partial charge >= 0.3 is 0 Å². The first-order valence-electron chi connectivity index (χ1n) is 5.19. The molecule has 1 heterocycles. The van der Waals surface area contributed by atoms with Gasteiger partial charge in [0.25, 0.3) is 5.91 Å². The van der Waals surface area contributed by atoms with Gasteiger partial charge in [-0.1, -0.05) is 35.2 Å². The second-order valence-corrected chi connectivity index (χ2v) is 5.19. The summed E-state index contributed by atoms with van der Waals surface area (Å²) in [5, 5.41) is 0. The molecule has 0 aromatic rings. The van der Waals surface area contributed by atoms with Crippen molar-refractivity contribution >= 4 is 27.6 Å². The van der Waals surface area contributed by atoms with E-state index in [1.165, 1.54) is 19.3 Å². The number of ketones is 1. The molecule has 0 bridgehead atoms. The minimum Gasteiger partial charge on any atom is -0.332 e. The standard InChI is InChI=1S/C10H14BrNO2/c11-8-6-12(10(14)9(8)13)7-4-2-1-3-5-7/h7-8H,1-6H2/t8-/m0/s1. The van der Waals surface area contributed by atoms with Crippen molar-refractivity contribution in [1.29, 1.82) is 0 Å². The second kappa shape index (κ2) is 4.01. The van der Waals surface area contributed by atoms with Gasteiger partial charge < -0.3 is 4.90 Å². The highest BCUT2D eigenvalue weighted by Crippen LogP contribution is 2.27. The van der Waals surface area contributed by atoms with E-state index in [9.17, 15) is 9.59 Å². The lowest BCUT2D eigenvalue weighted by Crippen LogP contribution is -2.38. The van der Waals surface area contributed by atoms with Crippen LogP contribution < -0.4 is 0 Å². The number of hydrogen-bond acceptors (Lipinski definition) is 2. The Balaban J connectivity index is 2.04. The molecule has 1 saturated heterocycles. The van der Waals surface area contributed by atoms with Crippen molar-refractivity contribution in [3.63, 3.8) is 0 Å². The Morgan fingerprint density at radius 2 is 1.79 bits per heavy atom. The van der Waals surface area contributed by atoms with Crippen molar-refractivity contribution in [2.24, 2.45) is 0 Å². The van der Waals surface area contributed by atoms with Crippen LogP contribution in [0.4, 0.5) is 0 Å². The SMILES string of the molecule is O=C1C(=O)N(C2CCCCC2)C[C@@H]1Br. The molecule has 2 rings (SSSR count). The van der Waals surface area contributed by atoms with Crippen LogP contribution in [-0.4, -0.2) is 34.0 Å². The summed E-state index contributed by atoms with van der Waals surface area (Å²) in [4.78, 5) is 24.4. The van der Waals surface area contributed by atoms with Gasteiger partial charge in [-0.3, -0.25) is 9.59 Å². The topological polar surface area (TPSA) is 37.4 Å². The molecule has 78 valence electrons. The van der Waals surface area contributed by atoms with Crippen LogP contribution in [0.3, 0.4) is 0 Å². The van der Waals surface area contributed by atoms with Crippen LogP contribution in [0.1, 0.15) is 32.1 Å². The van der Waals surface area contributed by atoms with Crippen molar-refractivity contribution < 1.29 is 9.59 Å². The van der Waals surface area contributed by atoms with E-state index in [2.05, 4.69) is 15.9 Å². The number of carbonyl (C=O) groups excluding carboxylic acids is 2. The predicted octanol–water partition coefficient (Wildman–Crippen LogP) is 1.49. The molecule has 2 aliphatic rings. The Morgan fingerprint density at radius 1 is 1.14 bits per heavy atom. The van der Waals surface area contributed by atoms with Gasteiger partial charge in [0.15, 0.2) is 0 Å². The maximum Gasteiger partial charge on any atom is 0.291 e. The largest absolute Gasteiger partial charge is 0.332 e. The molecule has 0 radical (unpaired) electrons. The summed E-state index contributed by atoms with van der Waals surface area (Å²) >= 11 is 3.24. The highest BCUT2D eigenvalue weighted by Gasteiger charge is 2.40. The average Bonchev–Trinajstić information content (AvgIpc) is 2.47. The van der Waals surface area contributed by atoms with Gasteiger partial charge in [0.05, 0.1) is 0 Å². The van der Waals surface area contributed by atoms with Gasteiger partial charge in [0, 0.05) is 12.6 Å². The number of likely N-dealkylation sites (tertiary alicyclic amines) is 1. The van der Waals surface area contributed by atoms with Crippen LogP contribution in [0.15, 0.2) is 0 Å². The van der Waals surface area contributed by atoms with E-state index in [-0.39, 0.29) is 16.5 Å². The van der Waals surface area contributed by atoms with Crippen molar-refractivity contribution in [2.75, 3.05) is 6.54 Å². The fourth-order valence-electron chi connectivity index (χ4n) is 2.32. The van der Waals surface area contributed by atoms with Crippen LogP contribution in [0.5, 0.6) is 0 Å². The highest BCUT2D eigenvalue weighted by atomic mass is 79.9. The highest BCUT2D eigenvalue weighted by molar-refractivity contribution is 9.10. The summed E-state index contributed by atoms with van der Waals surface area (Å²) in [6, 6.07) is 0.322. The van der Waals surface area contributed by atoms with Gasteiger partial charge in [-0.25, -0.2) is 0 Å². The molecule has 1 atom stereocenters. The molecule has 0 aromatic heterocycles. The van der Waals surface area contributed by atoms with Crippen LogP contribution >= 0.6 is 15.9 Å². The van der Waals surface area contributed by atoms with E-state index in [1.54, 1.807) is 4.90 Å². The first kappa shape index (κ1) is 10.1. The lowest BCUT2D eigenvalue weighted by molar-refractivity contribution is -0.141. The summed E-state index contributed by atoms with van der Waals surface area (Å²) in [6.07, 6.45) is 5.78. The Kier molecular flexibility index (Phi) is 2.91. The van der Waals surface area contributed by atoms with Crippen LogP contribution in [0.2, 0.25) is 0 Å². The number of nitrogens with zero attached hydrogens (tertiary/aromatic N) is 1. The number of Topliss-reactive ketones (excluding diaryl/α,β-unsaturated/α-hetero) is 1. The number of rotatable bonds is 1. The van der Waals surface area contributed by atoms with E-state index in [0.717, 1.165) is 12.8 Å². The fraction of sp³-hybridized carbons (Fsp3) is 0.800. The summed E-state index contributed by atoms with van der Waals surface area (Å²) in [5.41, 5.74) is 0. The van der Waals surface area contributed by atoms with Gasteiger partial charge in [-0.2, -0.15) is 0 Å². The minimum absolute atomic E-state index is 0.267. The summed E-state index contributed by atoms with van der Waals surface area (Å²) < 4.78 is 0. The fourth-order valence-corrected chi connectivity index (χ4v) is 2.83. The van der Waals surface area contributed by atoms with Gasteiger partial charge in [-0.05, 0) is 12.8 Å². The first-order chi connectivity index (χ1) is 6.70. The first-order valence-corrected chi connectivity index (χ1v) is 6.10. The van der Waals surface area contributed by atoms with Crippen LogP contribution in [0, 0.1) is 0 Å². The second-order valence-electron chi connectivity index (χ2n) is 4.08. The average molecular weight is 260 g/mol. The molecular formula is C10H14BrNO2. The number of alkyl halides is 1. The molecule has 1 aliphatic heterocycles. The number of amides is 1. The molecule has 1 saturated carbocycles. The Bertz CT molecular complexity index is 261. The Labute approximate surface area is 92.0 Å². The van der Waals surface area contributed by atoms with E-state index < -0.39 is 0 Å². The zero-order valence-corrected chi connectivity index (χ0v) is 9.63. The van der Waals surface area contributed by atoms with Gasteiger partial charge in [0.2, 0.25) is 5.78 Å². The lowest BCUT2D eigenvalue weighted by atomic mass is 9.94. The third kappa shape index (κ3) is 1.72. The van der Waals surface area contributed by atoms with E-state index in [4.69, 9.17) is 0 Å². The quantitative estimate of drug-likeness (QED) is 0.529. The van der Waals surface area contributed by atoms with Gasteiger partial charge in [0.1, 0.15) is 4.83 Å². The molecule has 14 heavy (non-hydrogen) atoms. The molecule has 3 nitrogen and oxygen atoms in total. The maximum absolute atomic E-state index is 11.6. The molecule has 1 amide bonds. The van der Waals surface area contributed by atoms with Gasteiger partial charge in [-0.15, -0.1) is 0 Å². The third-order valence-corrected chi connectivity index (χ3v) is 3.83. The molecule has 0 unspecified atom stereocenters. The summed E-state index contributed by atoms with van der Waals surface area (Å²) in [6.45, 7) is 0.572. The lowest BCUT2D eigenvalue weighted by Gasteiger charge is -2.30. The molecule has 0 spiro atoms. The van der Waals surface area contributed by atoms with Crippen molar-refractivity contribution in [3.8, 4) is 0 Å². The zero-order chi connectivity index (χ0) is 10.1.